The number of aliphatic carboxylic acids is 1. The number of pyridine rings is 1. The monoisotopic (exact) mass is 459 g/mol. The van der Waals surface area contributed by atoms with Crippen LogP contribution >= 0.6 is 0 Å². The van der Waals surface area contributed by atoms with Gasteiger partial charge in [-0.15, -0.1) is 0 Å². The van der Waals surface area contributed by atoms with Gasteiger partial charge in [-0.05, 0) is 23.3 Å². The van der Waals surface area contributed by atoms with E-state index in [2.05, 4.69) is 10.6 Å². The van der Waals surface area contributed by atoms with Gasteiger partial charge < -0.3 is 30.2 Å². The van der Waals surface area contributed by atoms with Crippen molar-refractivity contribution in [2.75, 3.05) is 12.4 Å². The van der Waals surface area contributed by atoms with Crippen LogP contribution < -0.4 is 55.6 Å². The normalized spacial score (nSPS) is 11.1. The van der Waals surface area contributed by atoms with Crippen LogP contribution in [0.3, 0.4) is 0 Å². The molecule has 0 aliphatic carbocycles. The number of anilines is 1. The summed E-state index contributed by atoms with van der Waals surface area (Å²) in [7, 11) is 2.88. The zero-order valence-electron chi connectivity index (χ0n) is 18.5. The number of carbonyl (C=O) groups is 2. The minimum atomic E-state index is -1.15. The van der Waals surface area contributed by atoms with E-state index in [1.54, 1.807) is 12.1 Å². The zero-order chi connectivity index (χ0) is 23.3. The van der Waals surface area contributed by atoms with Gasteiger partial charge in [0.15, 0.2) is 0 Å². The molecule has 0 aliphatic heterocycles. The molecule has 3 N–H and O–H groups in total. The van der Waals surface area contributed by atoms with E-state index in [4.69, 9.17) is 4.74 Å². The second-order valence-corrected chi connectivity index (χ2v) is 7.04. The zero-order valence-corrected chi connectivity index (χ0v) is 20.5. The summed E-state index contributed by atoms with van der Waals surface area (Å²) in [5.41, 5.74) is 1.05. The van der Waals surface area contributed by atoms with E-state index < -0.39 is 41.5 Å². The minimum Gasteiger partial charge on any atom is -0.871 e. The molecule has 0 saturated heterocycles. The number of hydrogen-bond acceptors (Lipinski definition) is 5. The van der Waals surface area contributed by atoms with E-state index in [1.165, 1.54) is 20.4 Å². The number of nitrogens with zero attached hydrogens (tertiary/aromatic N) is 1. The average Bonchev–Trinajstić information content (AvgIpc) is 2.78. The predicted molar refractivity (Wildman–Crippen MR) is 117 cm³/mol. The Hall–Kier alpha value is -3.27. The van der Waals surface area contributed by atoms with Gasteiger partial charge in [-0.2, -0.15) is 0 Å². The molecule has 1 heterocycles. The molecule has 0 fully saturated rings. The molecule has 166 valence electrons. The Balaban J connectivity index is 0.00000385. The molecule has 2 amide bonds. The largest absolute Gasteiger partial charge is 1.00 e. The molecule has 0 aliphatic rings. The van der Waals surface area contributed by atoms with Crippen molar-refractivity contribution in [1.29, 1.82) is 0 Å². The molecular weight excluding hydrogens is 437 g/mol. The molecule has 3 rings (SSSR count). The summed E-state index contributed by atoms with van der Waals surface area (Å²) in [6, 6.07) is 14.0. The van der Waals surface area contributed by atoms with Crippen molar-refractivity contribution < 1.29 is 54.1 Å². The summed E-state index contributed by atoms with van der Waals surface area (Å²) in [6.45, 7) is 0. The number of urea groups is 1. The van der Waals surface area contributed by atoms with E-state index in [1.807, 2.05) is 36.4 Å². The fraction of sp³-hybridized carbons (Fsp3) is 0.174. The number of nitrogens with one attached hydrogen (secondary N) is 2. The van der Waals surface area contributed by atoms with Crippen LogP contribution in [0.2, 0.25) is 0 Å². The predicted octanol–water partition coefficient (Wildman–Crippen LogP) is -0.524. The van der Waals surface area contributed by atoms with Crippen molar-refractivity contribution in [2.24, 2.45) is 7.05 Å². The maximum Gasteiger partial charge on any atom is 1.00 e. The molecule has 33 heavy (non-hydrogen) atoms. The molecule has 0 radical (unpaired) electrons. The Morgan fingerprint density at radius 2 is 1.82 bits per heavy atom. The Morgan fingerprint density at radius 3 is 2.45 bits per heavy atom. The van der Waals surface area contributed by atoms with Crippen molar-refractivity contribution >= 4 is 17.7 Å². The number of carboxylic acids is 1. The minimum absolute atomic E-state index is 0. The van der Waals surface area contributed by atoms with E-state index in [0.29, 0.717) is 11.3 Å². The van der Waals surface area contributed by atoms with Gasteiger partial charge in [-0.25, -0.2) is 4.79 Å². The van der Waals surface area contributed by atoms with Crippen molar-refractivity contribution in [2.45, 2.75) is 12.5 Å². The van der Waals surface area contributed by atoms with E-state index in [9.17, 15) is 24.6 Å². The molecule has 0 saturated carbocycles. The maximum absolute atomic E-state index is 12.6. The number of carboxylic acid groups (broad SMARTS) is 1. The number of hydrogen-bond donors (Lipinski definition) is 3. The molecule has 1 atom stereocenters. The number of aromatic nitrogens is 1. The number of rotatable bonds is 7. The van der Waals surface area contributed by atoms with Crippen LogP contribution in [0.5, 0.6) is 11.5 Å². The number of carbonyl (C=O) groups excluding carboxylic acids is 1. The standard InChI is InChI=1S/C23H23N3O6.Na/c1-26-11-10-18(27)21(22(26)30)25-23(31)24-17(13-20(28)29)16-12-15(8-9-19(16)32-2)14-6-4-3-5-7-14;/h3-12,17,27H,13H2,1-2H3,(H,28,29)(H2,24,25,31);/q;+1/p-1. The number of ether oxygens (including phenoxy) is 1. The number of amides is 2. The van der Waals surface area contributed by atoms with Crippen molar-refractivity contribution in [1.82, 2.24) is 9.88 Å². The Kier molecular flexibility index (Phi) is 9.10. The number of aryl methyl sites for hydroxylation is 1. The molecule has 9 nitrogen and oxygen atoms in total. The average molecular weight is 459 g/mol. The second-order valence-electron chi connectivity index (χ2n) is 7.04. The quantitative estimate of drug-likeness (QED) is 0.407. The van der Waals surface area contributed by atoms with Gasteiger partial charge in [0.25, 0.3) is 5.56 Å². The van der Waals surface area contributed by atoms with Crippen LogP contribution in [0.25, 0.3) is 11.1 Å². The van der Waals surface area contributed by atoms with Gasteiger partial charge in [0, 0.05) is 18.8 Å². The van der Waals surface area contributed by atoms with Gasteiger partial charge in [0.2, 0.25) is 0 Å². The first-order valence-corrected chi connectivity index (χ1v) is 9.69. The van der Waals surface area contributed by atoms with Crippen LogP contribution in [0.1, 0.15) is 18.0 Å². The topological polar surface area (TPSA) is 133 Å². The van der Waals surface area contributed by atoms with Gasteiger partial charge in [0.05, 0.1) is 19.6 Å². The maximum atomic E-state index is 12.6. The van der Waals surface area contributed by atoms with Gasteiger partial charge in [-0.3, -0.25) is 9.59 Å². The van der Waals surface area contributed by atoms with Crippen LogP contribution in [-0.2, 0) is 11.8 Å². The summed E-state index contributed by atoms with van der Waals surface area (Å²) in [5.74, 6) is -1.42. The first-order chi connectivity index (χ1) is 15.3. The fourth-order valence-electron chi connectivity index (χ4n) is 3.27. The molecule has 1 unspecified atom stereocenters. The van der Waals surface area contributed by atoms with Gasteiger partial charge in [-0.1, -0.05) is 48.2 Å². The van der Waals surface area contributed by atoms with E-state index in [-0.39, 0.29) is 29.6 Å². The van der Waals surface area contributed by atoms with Gasteiger partial charge >= 0.3 is 41.6 Å². The molecule has 3 aromatic rings. The molecule has 0 bridgehead atoms. The number of methoxy groups -OCH3 is 1. The van der Waals surface area contributed by atoms with Crippen LogP contribution in [0.4, 0.5) is 10.5 Å². The Labute approximate surface area is 212 Å². The molecule has 1 aromatic heterocycles. The SMILES string of the molecule is COc1ccc(-c2ccccc2)cc1C(CC(=O)O)NC(=O)Nc1c([O-])ccn(C)c1=O.[Na+]. The summed E-state index contributed by atoms with van der Waals surface area (Å²) in [6.07, 6.45) is 0.847. The molecule has 0 spiro atoms. The van der Waals surface area contributed by atoms with Crippen molar-refractivity contribution in [3.8, 4) is 22.6 Å². The number of benzene rings is 2. The Bertz CT molecular complexity index is 1200. The van der Waals surface area contributed by atoms with Crippen LogP contribution in [-0.4, -0.2) is 28.8 Å². The third-order valence-electron chi connectivity index (χ3n) is 4.86. The van der Waals surface area contributed by atoms with Gasteiger partial charge in [0.1, 0.15) is 11.4 Å². The summed E-state index contributed by atoms with van der Waals surface area (Å²) in [4.78, 5) is 36.3. The summed E-state index contributed by atoms with van der Waals surface area (Å²) >= 11 is 0. The van der Waals surface area contributed by atoms with Crippen LogP contribution in [0.15, 0.2) is 65.6 Å². The molecule has 2 aromatic carbocycles. The summed E-state index contributed by atoms with van der Waals surface area (Å²) < 4.78 is 6.54. The van der Waals surface area contributed by atoms with Crippen molar-refractivity contribution in [3.63, 3.8) is 0 Å². The molecule has 10 heteroatoms. The third-order valence-corrected chi connectivity index (χ3v) is 4.86. The fourth-order valence-corrected chi connectivity index (χ4v) is 3.27. The van der Waals surface area contributed by atoms with Crippen LogP contribution in [0, 0.1) is 0 Å². The Morgan fingerprint density at radius 1 is 1.12 bits per heavy atom. The second kappa shape index (κ2) is 11.6. The first-order valence-electron chi connectivity index (χ1n) is 9.69. The van der Waals surface area contributed by atoms with Crippen molar-refractivity contribution in [3.05, 3.63) is 76.7 Å². The first kappa shape index (κ1) is 26.0. The summed E-state index contributed by atoms with van der Waals surface area (Å²) in [5, 5.41) is 26.2. The third kappa shape index (κ3) is 6.38. The smallest absolute Gasteiger partial charge is 0.871 e. The van der Waals surface area contributed by atoms with E-state index in [0.717, 1.165) is 21.8 Å². The molecular formula is C23H22N3NaO6. The van der Waals surface area contributed by atoms with E-state index >= 15 is 0 Å².